The van der Waals surface area contributed by atoms with E-state index in [1.807, 2.05) is 0 Å². The van der Waals surface area contributed by atoms with Crippen LogP contribution in [0.5, 0.6) is 0 Å². The number of halogens is 1. The topological polar surface area (TPSA) is 52.3 Å². The van der Waals surface area contributed by atoms with Crippen LogP contribution < -0.4 is 5.73 Å². The Morgan fingerprint density at radius 2 is 2.06 bits per heavy atom. The summed E-state index contributed by atoms with van der Waals surface area (Å²) in [7, 11) is 0. The molecule has 0 heterocycles. The van der Waals surface area contributed by atoms with E-state index in [9.17, 15) is 4.79 Å². The predicted octanol–water partition coefficient (Wildman–Crippen LogP) is 3.62. The van der Waals surface area contributed by atoms with Crippen LogP contribution in [0.25, 0.3) is 0 Å². The van der Waals surface area contributed by atoms with Crippen molar-refractivity contribution in [2.45, 2.75) is 26.7 Å². The summed E-state index contributed by atoms with van der Waals surface area (Å²) in [5.74, 6) is 0.0722. The zero-order valence-corrected chi connectivity index (χ0v) is 11.8. The van der Waals surface area contributed by atoms with Crippen LogP contribution >= 0.6 is 15.9 Å². The van der Waals surface area contributed by atoms with Crippen molar-refractivity contribution in [1.82, 2.24) is 0 Å². The molecule has 94 valence electrons. The third-order valence-electron chi connectivity index (χ3n) is 2.84. The fourth-order valence-electron chi connectivity index (χ4n) is 1.50. The number of carbonyl (C=O) groups excluding carboxylic acids is 1. The Morgan fingerprint density at radius 1 is 1.41 bits per heavy atom. The SMILES string of the molecule is CCC(CC)COC(=O)c1cc(Br)ccc1N. The number of anilines is 1. The van der Waals surface area contributed by atoms with Crippen molar-refractivity contribution in [3.63, 3.8) is 0 Å². The summed E-state index contributed by atoms with van der Waals surface area (Å²) in [6, 6.07) is 5.18. The molecule has 3 nitrogen and oxygen atoms in total. The van der Waals surface area contributed by atoms with Crippen LogP contribution in [0.4, 0.5) is 5.69 Å². The fourth-order valence-corrected chi connectivity index (χ4v) is 1.86. The van der Waals surface area contributed by atoms with Gasteiger partial charge >= 0.3 is 5.97 Å². The van der Waals surface area contributed by atoms with Gasteiger partial charge in [-0.2, -0.15) is 0 Å². The summed E-state index contributed by atoms with van der Waals surface area (Å²) in [5.41, 5.74) is 6.61. The van der Waals surface area contributed by atoms with Crippen LogP contribution in [0.1, 0.15) is 37.0 Å². The molecule has 1 aromatic carbocycles. The molecule has 0 amide bonds. The summed E-state index contributed by atoms with van der Waals surface area (Å²) >= 11 is 3.31. The zero-order valence-electron chi connectivity index (χ0n) is 10.2. The smallest absolute Gasteiger partial charge is 0.340 e. The maximum absolute atomic E-state index is 11.8. The summed E-state index contributed by atoms with van der Waals surface area (Å²) < 4.78 is 6.09. The van der Waals surface area contributed by atoms with Crippen molar-refractivity contribution in [1.29, 1.82) is 0 Å². The van der Waals surface area contributed by atoms with Gasteiger partial charge in [-0.3, -0.25) is 0 Å². The molecular weight excluding hydrogens is 282 g/mol. The second-order valence-corrected chi connectivity index (χ2v) is 4.93. The van der Waals surface area contributed by atoms with Gasteiger partial charge in [-0.05, 0) is 24.1 Å². The quantitative estimate of drug-likeness (QED) is 0.667. The minimum absolute atomic E-state index is 0.351. The van der Waals surface area contributed by atoms with Gasteiger partial charge in [-0.15, -0.1) is 0 Å². The van der Waals surface area contributed by atoms with Gasteiger partial charge in [0.2, 0.25) is 0 Å². The molecule has 0 unspecified atom stereocenters. The van der Waals surface area contributed by atoms with E-state index in [0.717, 1.165) is 17.3 Å². The minimum Gasteiger partial charge on any atom is -0.462 e. The Bertz CT molecular complexity index is 389. The van der Waals surface area contributed by atoms with Gasteiger partial charge in [0.05, 0.1) is 12.2 Å². The molecule has 0 radical (unpaired) electrons. The highest BCUT2D eigenvalue weighted by molar-refractivity contribution is 9.10. The van der Waals surface area contributed by atoms with Gasteiger partial charge in [0.25, 0.3) is 0 Å². The Balaban J connectivity index is 2.66. The van der Waals surface area contributed by atoms with Gasteiger partial charge in [0.15, 0.2) is 0 Å². The number of nitrogen functional groups attached to an aromatic ring is 1. The average molecular weight is 300 g/mol. The maximum Gasteiger partial charge on any atom is 0.340 e. The van der Waals surface area contributed by atoms with Crippen molar-refractivity contribution in [2.24, 2.45) is 5.92 Å². The first-order chi connectivity index (χ1) is 8.08. The second kappa shape index (κ2) is 6.64. The highest BCUT2D eigenvalue weighted by Gasteiger charge is 2.13. The molecule has 0 aromatic heterocycles. The fraction of sp³-hybridized carbons (Fsp3) is 0.462. The van der Waals surface area contributed by atoms with Gasteiger partial charge in [0.1, 0.15) is 0 Å². The molecule has 0 aliphatic rings. The first-order valence-corrected chi connectivity index (χ1v) is 6.59. The first kappa shape index (κ1) is 14.0. The minimum atomic E-state index is -0.351. The molecular formula is C13H18BrNO2. The summed E-state index contributed by atoms with van der Waals surface area (Å²) in [5, 5.41) is 0. The van der Waals surface area contributed by atoms with Crippen LogP contribution in [0, 0.1) is 5.92 Å². The Morgan fingerprint density at radius 3 is 2.65 bits per heavy atom. The van der Waals surface area contributed by atoms with Crippen molar-refractivity contribution in [3.05, 3.63) is 28.2 Å². The van der Waals surface area contributed by atoms with E-state index in [0.29, 0.717) is 23.8 Å². The first-order valence-electron chi connectivity index (χ1n) is 5.80. The number of hydrogen-bond donors (Lipinski definition) is 1. The van der Waals surface area contributed by atoms with E-state index in [-0.39, 0.29) is 5.97 Å². The van der Waals surface area contributed by atoms with E-state index >= 15 is 0 Å². The number of rotatable bonds is 5. The third kappa shape index (κ3) is 4.04. The predicted molar refractivity (Wildman–Crippen MR) is 72.9 cm³/mol. The molecule has 0 bridgehead atoms. The largest absolute Gasteiger partial charge is 0.462 e. The molecule has 0 saturated carbocycles. The van der Waals surface area contributed by atoms with Crippen LogP contribution in [0.3, 0.4) is 0 Å². The molecule has 4 heteroatoms. The van der Waals surface area contributed by atoms with Gasteiger partial charge in [0, 0.05) is 10.2 Å². The number of nitrogens with two attached hydrogens (primary N) is 1. The van der Waals surface area contributed by atoms with Crippen molar-refractivity contribution < 1.29 is 9.53 Å². The third-order valence-corrected chi connectivity index (χ3v) is 3.33. The molecule has 1 aromatic rings. The Hall–Kier alpha value is -1.03. The molecule has 0 aliphatic heterocycles. The molecule has 2 N–H and O–H groups in total. The van der Waals surface area contributed by atoms with E-state index < -0.39 is 0 Å². The lowest BCUT2D eigenvalue weighted by molar-refractivity contribution is 0.0434. The van der Waals surface area contributed by atoms with Crippen LogP contribution in [0.2, 0.25) is 0 Å². The monoisotopic (exact) mass is 299 g/mol. The molecule has 0 saturated heterocycles. The molecule has 0 aliphatic carbocycles. The lowest BCUT2D eigenvalue weighted by Gasteiger charge is -2.13. The molecule has 0 atom stereocenters. The standard InChI is InChI=1S/C13H18BrNO2/c1-3-9(4-2)8-17-13(16)11-7-10(14)5-6-12(11)15/h5-7,9H,3-4,8,15H2,1-2H3. The van der Waals surface area contributed by atoms with E-state index in [2.05, 4.69) is 29.8 Å². The lowest BCUT2D eigenvalue weighted by atomic mass is 10.1. The number of benzene rings is 1. The Labute approximate surface area is 110 Å². The number of esters is 1. The van der Waals surface area contributed by atoms with Gasteiger partial charge < -0.3 is 10.5 Å². The highest BCUT2D eigenvalue weighted by atomic mass is 79.9. The van der Waals surface area contributed by atoms with E-state index in [1.165, 1.54) is 0 Å². The lowest BCUT2D eigenvalue weighted by Crippen LogP contribution is -2.14. The van der Waals surface area contributed by atoms with E-state index in [4.69, 9.17) is 10.5 Å². The van der Waals surface area contributed by atoms with Crippen molar-refractivity contribution in [2.75, 3.05) is 12.3 Å². The summed E-state index contributed by atoms with van der Waals surface area (Å²) in [6.45, 7) is 4.64. The normalized spacial score (nSPS) is 10.6. The number of ether oxygens (including phenoxy) is 1. The van der Waals surface area contributed by atoms with Gasteiger partial charge in [-0.1, -0.05) is 42.6 Å². The summed E-state index contributed by atoms with van der Waals surface area (Å²) in [6.07, 6.45) is 2.02. The average Bonchev–Trinajstić information content (AvgIpc) is 2.33. The molecule has 0 spiro atoms. The summed E-state index contributed by atoms with van der Waals surface area (Å²) in [4.78, 5) is 11.8. The maximum atomic E-state index is 11.8. The number of carbonyl (C=O) groups is 1. The molecule has 1 rings (SSSR count). The van der Waals surface area contributed by atoms with E-state index in [1.54, 1.807) is 18.2 Å². The van der Waals surface area contributed by atoms with Crippen molar-refractivity contribution >= 4 is 27.6 Å². The number of hydrogen-bond acceptors (Lipinski definition) is 3. The second-order valence-electron chi connectivity index (χ2n) is 4.01. The van der Waals surface area contributed by atoms with Crippen molar-refractivity contribution in [3.8, 4) is 0 Å². The van der Waals surface area contributed by atoms with Gasteiger partial charge in [-0.25, -0.2) is 4.79 Å². The van der Waals surface area contributed by atoms with Crippen LogP contribution in [0.15, 0.2) is 22.7 Å². The molecule has 17 heavy (non-hydrogen) atoms. The van der Waals surface area contributed by atoms with Crippen LogP contribution in [-0.4, -0.2) is 12.6 Å². The Kier molecular flexibility index (Phi) is 5.48. The van der Waals surface area contributed by atoms with Crippen LogP contribution in [-0.2, 0) is 4.74 Å². The highest BCUT2D eigenvalue weighted by Crippen LogP contribution is 2.20. The zero-order chi connectivity index (χ0) is 12.8. The molecule has 0 fully saturated rings.